The summed E-state index contributed by atoms with van der Waals surface area (Å²) in [6.45, 7) is -0.637. The SMILES string of the molecule is Nc1c(C(=O)N2CCN(CC(F)(F)F)CC2)cccc1[N+](=O)[O-]. The van der Waals surface area contributed by atoms with Crippen molar-refractivity contribution in [1.29, 1.82) is 0 Å². The summed E-state index contributed by atoms with van der Waals surface area (Å²) >= 11 is 0. The lowest BCUT2D eigenvalue weighted by molar-refractivity contribution is -0.383. The summed E-state index contributed by atoms with van der Waals surface area (Å²) in [5.74, 6) is -0.516. The van der Waals surface area contributed by atoms with Gasteiger partial charge in [-0.05, 0) is 6.07 Å². The summed E-state index contributed by atoms with van der Waals surface area (Å²) < 4.78 is 37.0. The zero-order valence-electron chi connectivity index (χ0n) is 12.0. The fraction of sp³-hybridized carbons (Fsp3) is 0.462. The summed E-state index contributed by atoms with van der Waals surface area (Å²) in [7, 11) is 0. The van der Waals surface area contributed by atoms with Crippen molar-refractivity contribution in [3.63, 3.8) is 0 Å². The van der Waals surface area contributed by atoms with E-state index in [2.05, 4.69) is 0 Å². The fourth-order valence-electron chi connectivity index (χ4n) is 2.43. The van der Waals surface area contributed by atoms with Gasteiger partial charge in [0.25, 0.3) is 11.6 Å². The van der Waals surface area contributed by atoms with Gasteiger partial charge in [-0.15, -0.1) is 0 Å². The zero-order valence-corrected chi connectivity index (χ0v) is 12.0. The molecule has 0 aromatic heterocycles. The number of nitrogens with zero attached hydrogens (tertiary/aromatic N) is 3. The van der Waals surface area contributed by atoms with Gasteiger partial charge in [0.05, 0.1) is 17.0 Å². The maximum Gasteiger partial charge on any atom is 0.401 e. The minimum Gasteiger partial charge on any atom is -0.393 e. The predicted octanol–water partition coefficient (Wildman–Crippen LogP) is 1.50. The summed E-state index contributed by atoms with van der Waals surface area (Å²) in [4.78, 5) is 25.1. The third-order valence-corrected chi connectivity index (χ3v) is 3.57. The molecule has 7 nitrogen and oxygen atoms in total. The number of halogens is 3. The zero-order chi connectivity index (χ0) is 17.2. The standard InChI is InChI=1S/C13H15F3N4O3/c14-13(15,16)8-18-4-6-19(7-5-18)12(21)9-2-1-3-10(11(9)17)20(22)23/h1-3H,4-8,17H2. The lowest BCUT2D eigenvalue weighted by Crippen LogP contribution is -2.51. The summed E-state index contributed by atoms with van der Waals surface area (Å²) in [6.07, 6.45) is -4.28. The van der Waals surface area contributed by atoms with Crippen LogP contribution in [0, 0.1) is 10.1 Å². The molecule has 0 spiro atoms. The van der Waals surface area contributed by atoms with Crippen LogP contribution in [0.1, 0.15) is 10.4 Å². The van der Waals surface area contributed by atoms with Crippen LogP contribution in [0.4, 0.5) is 24.5 Å². The maximum absolute atomic E-state index is 12.4. The van der Waals surface area contributed by atoms with Gasteiger partial charge in [-0.2, -0.15) is 13.2 Å². The van der Waals surface area contributed by atoms with E-state index >= 15 is 0 Å². The van der Waals surface area contributed by atoms with Crippen molar-refractivity contribution in [3.8, 4) is 0 Å². The van der Waals surface area contributed by atoms with Crippen molar-refractivity contribution in [2.45, 2.75) is 6.18 Å². The van der Waals surface area contributed by atoms with E-state index in [1.165, 1.54) is 28.0 Å². The second-order valence-corrected chi connectivity index (χ2v) is 5.18. The Morgan fingerprint density at radius 3 is 2.39 bits per heavy atom. The minimum atomic E-state index is -4.28. The molecule has 2 N–H and O–H groups in total. The predicted molar refractivity (Wildman–Crippen MR) is 75.9 cm³/mol. The van der Waals surface area contributed by atoms with Gasteiger partial charge in [0, 0.05) is 32.2 Å². The van der Waals surface area contributed by atoms with Crippen LogP contribution in [0.5, 0.6) is 0 Å². The molecule has 1 heterocycles. The molecule has 0 saturated carbocycles. The van der Waals surface area contributed by atoms with E-state index in [4.69, 9.17) is 5.73 Å². The molecule has 10 heteroatoms. The van der Waals surface area contributed by atoms with E-state index in [-0.39, 0.29) is 43.1 Å². The number of alkyl halides is 3. The monoisotopic (exact) mass is 332 g/mol. The number of benzene rings is 1. The lowest BCUT2D eigenvalue weighted by Gasteiger charge is -2.35. The average molecular weight is 332 g/mol. The van der Waals surface area contributed by atoms with Crippen LogP contribution in [0.15, 0.2) is 18.2 Å². The Labute approximate surface area is 129 Å². The first-order chi connectivity index (χ1) is 10.7. The van der Waals surface area contributed by atoms with Gasteiger partial charge in [-0.3, -0.25) is 19.8 Å². The molecule has 1 aliphatic heterocycles. The quantitative estimate of drug-likeness (QED) is 0.514. The maximum atomic E-state index is 12.4. The van der Waals surface area contributed by atoms with Gasteiger partial charge >= 0.3 is 6.18 Å². The van der Waals surface area contributed by atoms with E-state index in [1.54, 1.807) is 0 Å². The van der Waals surface area contributed by atoms with E-state index in [1.807, 2.05) is 0 Å². The van der Waals surface area contributed by atoms with Crippen molar-refractivity contribution in [3.05, 3.63) is 33.9 Å². The lowest BCUT2D eigenvalue weighted by atomic mass is 10.1. The van der Waals surface area contributed by atoms with Gasteiger partial charge in [0.15, 0.2) is 0 Å². The molecule has 1 aromatic carbocycles. The van der Waals surface area contributed by atoms with E-state index in [0.29, 0.717) is 0 Å². The van der Waals surface area contributed by atoms with Crippen LogP contribution in [0.25, 0.3) is 0 Å². The minimum absolute atomic E-state index is 0.0107. The molecule has 0 aliphatic carbocycles. The van der Waals surface area contributed by atoms with Crippen LogP contribution in [-0.2, 0) is 0 Å². The van der Waals surface area contributed by atoms with Crippen molar-refractivity contribution in [1.82, 2.24) is 9.80 Å². The van der Waals surface area contributed by atoms with E-state index < -0.39 is 23.6 Å². The first-order valence-electron chi connectivity index (χ1n) is 6.80. The summed E-state index contributed by atoms with van der Waals surface area (Å²) in [5.41, 5.74) is 5.04. The fourth-order valence-corrected chi connectivity index (χ4v) is 2.43. The third kappa shape index (κ3) is 4.09. The van der Waals surface area contributed by atoms with Crippen molar-refractivity contribution >= 4 is 17.3 Å². The highest BCUT2D eigenvalue weighted by Crippen LogP contribution is 2.26. The smallest absolute Gasteiger partial charge is 0.393 e. The van der Waals surface area contributed by atoms with Gasteiger partial charge in [-0.1, -0.05) is 6.07 Å². The molecule has 2 rings (SSSR count). The Morgan fingerprint density at radius 1 is 1.26 bits per heavy atom. The Kier molecular flexibility index (Phi) is 4.73. The normalized spacial score (nSPS) is 16.4. The van der Waals surface area contributed by atoms with Gasteiger partial charge in [0.1, 0.15) is 5.69 Å². The number of nitro benzene ring substituents is 1. The molecule has 1 amide bonds. The first-order valence-corrected chi connectivity index (χ1v) is 6.80. The molecule has 23 heavy (non-hydrogen) atoms. The number of carbonyl (C=O) groups excluding carboxylic acids is 1. The number of piperazine rings is 1. The van der Waals surface area contributed by atoms with Gasteiger partial charge in [0.2, 0.25) is 0 Å². The van der Waals surface area contributed by atoms with E-state index in [9.17, 15) is 28.1 Å². The van der Waals surface area contributed by atoms with Crippen LogP contribution in [0.3, 0.4) is 0 Å². The Bertz CT molecular complexity index is 613. The molecule has 0 bridgehead atoms. The molecule has 0 atom stereocenters. The number of para-hydroxylation sites is 1. The second kappa shape index (κ2) is 6.41. The van der Waals surface area contributed by atoms with Gasteiger partial charge < -0.3 is 10.6 Å². The molecule has 0 radical (unpaired) electrons. The molecule has 1 aromatic rings. The van der Waals surface area contributed by atoms with Crippen LogP contribution < -0.4 is 5.73 Å². The molecule has 1 aliphatic rings. The topological polar surface area (TPSA) is 92.7 Å². The summed E-state index contributed by atoms with van der Waals surface area (Å²) in [6, 6.07) is 3.90. The molecular formula is C13H15F3N4O3. The van der Waals surface area contributed by atoms with Crippen molar-refractivity contribution in [2.24, 2.45) is 0 Å². The highest BCUT2D eigenvalue weighted by atomic mass is 19.4. The second-order valence-electron chi connectivity index (χ2n) is 5.18. The average Bonchev–Trinajstić information content (AvgIpc) is 2.45. The number of nitrogens with two attached hydrogens (primary N) is 1. The molecule has 0 unspecified atom stereocenters. The number of amides is 1. The number of nitro groups is 1. The number of hydrogen-bond acceptors (Lipinski definition) is 5. The van der Waals surface area contributed by atoms with Crippen LogP contribution in [0.2, 0.25) is 0 Å². The number of anilines is 1. The van der Waals surface area contributed by atoms with Crippen molar-refractivity contribution in [2.75, 3.05) is 38.5 Å². The Balaban J connectivity index is 2.06. The summed E-state index contributed by atoms with van der Waals surface area (Å²) in [5, 5.41) is 10.8. The number of carbonyl (C=O) groups is 1. The largest absolute Gasteiger partial charge is 0.401 e. The van der Waals surface area contributed by atoms with Gasteiger partial charge in [-0.25, -0.2) is 0 Å². The van der Waals surface area contributed by atoms with Crippen molar-refractivity contribution < 1.29 is 22.9 Å². The Hall–Kier alpha value is -2.36. The number of hydrogen-bond donors (Lipinski definition) is 1. The van der Waals surface area contributed by atoms with E-state index in [0.717, 1.165) is 0 Å². The molecule has 1 saturated heterocycles. The number of nitrogen functional groups attached to an aromatic ring is 1. The molecule has 126 valence electrons. The highest BCUT2D eigenvalue weighted by Gasteiger charge is 2.33. The molecule has 1 fully saturated rings. The molecular weight excluding hydrogens is 317 g/mol. The van der Waals surface area contributed by atoms with Crippen LogP contribution in [-0.4, -0.2) is 59.5 Å². The third-order valence-electron chi connectivity index (χ3n) is 3.57. The highest BCUT2D eigenvalue weighted by molar-refractivity contribution is 6.01. The van der Waals surface area contributed by atoms with Crippen LogP contribution >= 0.6 is 0 Å². The number of rotatable bonds is 3. The Morgan fingerprint density at radius 2 is 1.87 bits per heavy atom. The first kappa shape index (κ1) is 17.0.